The van der Waals surface area contributed by atoms with Gasteiger partial charge in [0.25, 0.3) is 0 Å². The van der Waals surface area contributed by atoms with Gasteiger partial charge in [-0.1, -0.05) is 18.2 Å². The number of nitrogens with zero attached hydrogens (tertiary/aromatic N) is 1. The van der Waals surface area contributed by atoms with Crippen molar-refractivity contribution in [3.8, 4) is 11.5 Å². The Hall–Kier alpha value is -2.67. The lowest BCUT2D eigenvalue weighted by atomic mass is 10.2. The Labute approximate surface area is 145 Å². The molecule has 2 N–H and O–H groups in total. The third kappa shape index (κ3) is 4.92. The molecule has 0 aliphatic carbocycles. The molecule has 0 aromatic heterocycles. The van der Waals surface area contributed by atoms with Crippen molar-refractivity contribution in [3.63, 3.8) is 0 Å². The summed E-state index contributed by atoms with van der Waals surface area (Å²) in [6, 6.07) is 11.8. The number of nitrogens with one attached hydrogen (secondary N) is 2. The molecule has 24 heavy (non-hydrogen) atoms. The van der Waals surface area contributed by atoms with E-state index >= 15 is 0 Å². The van der Waals surface area contributed by atoms with E-state index in [9.17, 15) is 4.39 Å². The second kappa shape index (κ2) is 8.83. The van der Waals surface area contributed by atoms with Gasteiger partial charge in [-0.05, 0) is 42.0 Å². The predicted octanol–water partition coefficient (Wildman–Crippen LogP) is 2.84. The van der Waals surface area contributed by atoms with E-state index < -0.39 is 0 Å². The van der Waals surface area contributed by atoms with Crippen LogP contribution in [-0.2, 0) is 6.61 Å². The second-order valence-electron chi connectivity index (χ2n) is 4.74. The first-order valence-corrected chi connectivity index (χ1v) is 7.60. The molecular weight excluding hydrogens is 329 g/mol. The summed E-state index contributed by atoms with van der Waals surface area (Å²) in [7, 11) is 3.25. The van der Waals surface area contributed by atoms with Crippen molar-refractivity contribution in [1.29, 1.82) is 0 Å². The Morgan fingerprint density at radius 3 is 2.75 bits per heavy atom. The minimum absolute atomic E-state index is 0.120. The summed E-state index contributed by atoms with van der Waals surface area (Å²) in [6.45, 7) is 0.120. The molecule has 7 heteroatoms. The highest BCUT2D eigenvalue weighted by molar-refractivity contribution is 7.80. The summed E-state index contributed by atoms with van der Waals surface area (Å²) in [6.07, 6.45) is 1.60. The van der Waals surface area contributed by atoms with Gasteiger partial charge in [0.1, 0.15) is 12.4 Å². The molecule has 0 unspecified atom stereocenters. The number of methoxy groups -OCH3 is 1. The number of ether oxygens (including phenoxy) is 2. The van der Waals surface area contributed by atoms with E-state index in [1.165, 1.54) is 6.07 Å². The van der Waals surface area contributed by atoms with Crippen LogP contribution in [0.2, 0.25) is 0 Å². The Bertz CT molecular complexity index is 738. The monoisotopic (exact) mass is 347 g/mol. The highest BCUT2D eigenvalue weighted by atomic mass is 32.1. The van der Waals surface area contributed by atoms with Gasteiger partial charge >= 0.3 is 0 Å². The molecule has 0 aliphatic heterocycles. The Kier molecular flexibility index (Phi) is 6.51. The molecule has 5 nitrogen and oxygen atoms in total. The second-order valence-corrected chi connectivity index (χ2v) is 5.15. The molecule has 2 aromatic rings. The molecule has 0 bridgehead atoms. The lowest BCUT2D eigenvalue weighted by Crippen LogP contribution is -2.28. The topological polar surface area (TPSA) is 54.9 Å². The van der Waals surface area contributed by atoms with Crippen LogP contribution in [0.3, 0.4) is 0 Å². The molecular formula is C17H18FN3O2S. The van der Waals surface area contributed by atoms with Crippen molar-refractivity contribution in [1.82, 2.24) is 10.7 Å². The number of hydrazone groups is 1. The van der Waals surface area contributed by atoms with E-state index in [-0.39, 0.29) is 12.4 Å². The van der Waals surface area contributed by atoms with Gasteiger partial charge < -0.3 is 14.8 Å². The molecule has 2 aromatic carbocycles. The van der Waals surface area contributed by atoms with Crippen molar-refractivity contribution >= 4 is 23.5 Å². The molecule has 2 rings (SSSR count). The lowest BCUT2D eigenvalue weighted by molar-refractivity contribution is 0.279. The largest absolute Gasteiger partial charge is 0.493 e. The fourth-order valence-corrected chi connectivity index (χ4v) is 1.93. The minimum atomic E-state index is -0.299. The number of thiocarbonyl (C=S) groups is 1. The van der Waals surface area contributed by atoms with Crippen molar-refractivity contribution in [2.75, 3.05) is 14.2 Å². The number of hydrogen-bond acceptors (Lipinski definition) is 4. The summed E-state index contributed by atoms with van der Waals surface area (Å²) < 4.78 is 24.6. The summed E-state index contributed by atoms with van der Waals surface area (Å²) in [5, 5.41) is 7.17. The Morgan fingerprint density at radius 2 is 2.04 bits per heavy atom. The Morgan fingerprint density at radius 1 is 1.25 bits per heavy atom. The number of halogens is 1. The van der Waals surface area contributed by atoms with Crippen LogP contribution < -0.4 is 20.2 Å². The molecule has 0 radical (unpaired) electrons. The highest BCUT2D eigenvalue weighted by Crippen LogP contribution is 2.28. The first-order chi connectivity index (χ1) is 11.6. The van der Waals surface area contributed by atoms with E-state index in [2.05, 4.69) is 15.8 Å². The van der Waals surface area contributed by atoms with Crippen molar-refractivity contribution in [2.45, 2.75) is 6.61 Å². The fraction of sp³-hybridized carbons (Fsp3) is 0.176. The maximum atomic E-state index is 13.6. The number of hydrogen-bond donors (Lipinski definition) is 2. The van der Waals surface area contributed by atoms with Gasteiger partial charge in [-0.3, -0.25) is 5.43 Å². The maximum absolute atomic E-state index is 13.6. The molecule has 126 valence electrons. The summed E-state index contributed by atoms with van der Waals surface area (Å²) in [5.74, 6) is 0.759. The minimum Gasteiger partial charge on any atom is -0.493 e. The zero-order valence-corrected chi connectivity index (χ0v) is 14.2. The summed E-state index contributed by atoms with van der Waals surface area (Å²) in [5.41, 5.74) is 3.95. The van der Waals surface area contributed by atoms with E-state index in [0.29, 0.717) is 22.2 Å². The van der Waals surface area contributed by atoms with Crippen LogP contribution in [0.5, 0.6) is 11.5 Å². The lowest BCUT2D eigenvalue weighted by Gasteiger charge is -2.11. The molecule has 0 saturated carbocycles. The average Bonchev–Trinajstić information content (AvgIpc) is 2.61. The SMILES string of the molecule is CNC(=S)N/N=C/c1ccc(OCc2ccccc2F)c(OC)c1. The van der Waals surface area contributed by atoms with Crippen LogP contribution >= 0.6 is 12.2 Å². The van der Waals surface area contributed by atoms with Crippen LogP contribution in [0.1, 0.15) is 11.1 Å². The van der Waals surface area contributed by atoms with Crippen molar-refractivity contribution in [2.24, 2.45) is 5.10 Å². The molecule has 0 heterocycles. The van der Waals surface area contributed by atoms with Crippen LogP contribution in [0.25, 0.3) is 0 Å². The van der Waals surface area contributed by atoms with Gasteiger partial charge in [0.15, 0.2) is 16.6 Å². The summed E-state index contributed by atoms with van der Waals surface area (Å²) >= 11 is 4.92. The van der Waals surface area contributed by atoms with Gasteiger partial charge in [-0.25, -0.2) is 4.39 Å². The molecule has 0 amide bonds. The molecule has 0 fully saturated rings. The summed E-state index contributed by atoms with van der Waals surface area (Å²) in [4.78, 5) is 0. The van der Waals surface area contributed by atoms with Gasteiger partial charge in [-0.15, -0.1) is 0 Å². The molecule has 0 spiro atoms. The highest BCUT2D eigenvalue weighted by Gasteiger charge is 2.07. The zero-order chi connectivity index (χ0) is 17.4. The standard InChI is InChI=1S/C17H18FN3O2S/c1-19-17(24)21-20-10-12-7-8-15(16(9-12)22-2)23-11-13-5-3-4-6-14(13)18/h3-10H,11H2,1-2H3,(H2,19,21,24)/b20-10+. The van der Waals surface area contributed by atoms with E-state index in [1.807, 2.05) is 6.07 Å². The van der Waals surface area contributed by atoms with Crippen LogP contribution in [-0.4, -0.2) is 25.5 Å². The first kappa shape index (κ1) is 17.7. The molecule has 0 aliphatic rings. The van der Waals surface area contributed by atoms with Gasteiger partial charge in [0.2, 0.25) is 0 Å². The fourth-order valence-electron chi connectivity index (χ4n) is 1.88. The molecule has 0 saturated heterocycles. The van der Waals surface area contributed by atoms with E-state index in [0.717, 1.165) is 5.56 Å². The zero-order valence-electron chi connectivity index (χ0n) is 13.4. The normalized spacial score (nSPS) is 10.5. The maximum Gasteiger partial charge on any atom is 0.186 e. The first-order valence-electron chi connectivity index (χ1n) is 7.19. The van der Waals surface area contributed by atoms with Gasteiger partial charge in [0.05, 0.1) is 13.3 Å². The van der Waals surface area contributed by atoms with Gasteiger partial charge in [0, 0.05) is 12.6 Å². The third-order valence-electron chi connectivity index (χ3n) is 3.14. The quantitative estimate of drug-likeness (QED) is 0.478. The van der Waals surface area contributed by atoms with Gasteiger partial charge in [-0.2, -0.15) is 5.10 Å². The van der Waals surface area contributed by atoms with Crippen LogP contribution in [0.15, 0.2) is 47.6 Å². The van der Waals surface area contributed by atoms with E-state index in [1.54, 1.807) is 50.7 Å². The van der Waals surface area contributed by atoms with Crippen molar-refractivity contribution in [3.05, 3.63) is 59.4 Å². The third-order valence-corrected chi connectivity index (χ3v) is 3.43. The Balaban J connectivity index is 2.06. The van der Waals surface area contributed by atoms with Crippen molar-refractivity contribution < 1.29 is 13.9 Å². The number of rotatable bonds is 6. The molecule has 0 atom stereocenters. The average molecular weight is 347 g/mol. The smallest absolute Gasteiger partial charge is 0.186 e. The van der Waals surface area contributed by atoms with Crippen LogP contribution in [0.4, 0.5) is 4.39 Å². The predicted molar refractivity (Wildman–Crippen MR) is 96.1 cm³/mol. The van der Waals surface area contributed by atoms with E-state index in [4.69, 9.17) is 21.7 Å². The number of benzene rings is 2. The van der Waals surface area contributed by atoms with Crippen LogP contribution in [0, 0.1) is 5.82 Å².